The Morgan fingerprint density at radius 2 is 1.90 bits per heavy atom. The molecular formula is C16H19N3O. The van der Waals surface area contributed by atoms with Crippen LogP contribution in [0.3, 0.4) is 0 Å². The van der Waals surface area contributed by atoms with Gasteiger partial charge in [-0.3, -0.25) is 4.90 Å². The van der Waals surface area contributed by atoms with Gasteiger partial charge in [-0.2, -0.15) is 4.99 Å². The SMILES string of the molecule is C#CC(C)N1C(=O)N=C(N)C1c1c(C)cc(C)cc1C. The summed E-state index contributed by atoms with van der Waals surface area (Å²) in [5.74, 6) is 2.90. The first-order valence-electron chi connectivity index (χ1n) is 6.57. The van der Waals surface area contributed by atoms with Gasteiger partial charge in [0.1, 0.15) is 11.9 Å². The predicted octanol–water partition coefficient (Wildman–Crippen LogP) is 2.47. The highest BCUT2D eigenvalue weighted by atomic mass is 16.2. The van der Waals surface area contributed by atoms with Gasteiger partial charge in [-0.1, -0.05) is 23.6 Å². The second-order valence-corrected chi connectivity index (χ2v) is 5.28. The van der Waals surface area contributed by atoms with Crippen molar-refractivity contribution in [1.82, 2.24) is 4.90 Å². The molecule has 0 saturated heterocycles. The zero-order valence-electron chi connectivity index (χ0n) is 12.3. The molecule has 4 nitrogen and oxygen atoms in total. The van der Waals surface area contributed by atoms with E-state index in [9.17, 15) is 4.79 Å². The molecule has 104 valence electrons. The molecule has 0 fully saturated rings. The molecule has 1 aliphatic heterocycles. The molecule has 2 unspecified atom stereocenters. The Kier molecular flexibility index (Phi) is 3.54. The van der Waals surface area contributed by atoms with E-state index in [-0.39, 0.29) is 18.1 Å². The molecule has 2 atom stereocenters. The summed E-state index contributed by atoms with van der Waals surface area (Å²) in [7, 11) is 0. The van der Waals surface area contributed by atoms with Crippen molar-refractivity contribution in [3.05, 3.63) is 34.4 Å². The Morgan fingerprint density at radius 1 is 1.35 bits per heavy atom. The second kappa shape index (κ2) is 5.01. The fourth-order valence-corrected chi connectivity index (χ4v) is 2.86. The van der Waals surface area contributed by atoms with E-state index in [2.05, 4.69) is 23.0 Å². The molecule has 0 radical (unpaired) electrons. The molecule has 4 heteroatoms. The van der Waals surface area contributed by atoms with Gasteiger partial charge in [-0.15, -0.1) is 6.42 Å². The van der Waals surface area contributed by atoms with Crippen LogP contribution in [0, 0.1) is 33.1 Å². The Labute approximate surface area is 119 Å². The van der Waals surface area contributed by atoms with Crippen LogP contribution in [0.2, 0.25) is 0 Å². The van der Waals surface area contributed by atoms with Crippen LogP contribution in [-0.4, -0.2) is 22.8 Å². The summed E-state index contributed by atoms with van der Waals surface area (Å²) in [6.07, 6.45) is 5.46. The molecule has 1 aliphatic rings. The molecule has 0 saturated carbocycles. The third-order valence-electron chi connectivity index (χ3n) is 3.67. The first-order chi connectivity index (χ1) is 9.36. The number of amidine groups is 1. The van der Waals surface area contributed by atoms with Gasteiger partial charge < -0.3 is 5.73 Å². The standard InChI is InChI=1S/C16H19N3O/c1-6-12(5)19-14(15(17)18-16(19)20)13-10(3)7-9(2)8-11(13)4/h1,7-8,12,14H,2-5H3,(H2,17,18,20). The van der Waals surface area contributed by atoms with Gasteiger partial charge in [0.05, 0.1) is 6.04 Å². The number of aliphatic imine (C=N–C) groups is 1. The highest BCUT2D eigenvalue weighted by molar-refractivity contribution is 6.03. The first-order valence-corrected chi connectivity index (χ1v) is 6.57. The number of carbonyl (C=O) groups is 1. The van der Waals surface area contributed by atoms with Crippen LogP contribution in [0.4, 0.5) is 4.79 Å². The van der Waals surface area contributed by atoms with Crippen molar-refractivity contribution >= 4 is 11.9 Å². The highest BCUT2D eigenvalue weighted by Gasteiger charge is 2.38. The molecule has 0 spiro atoms. The van der Waals surface area contributed by atoms with E-state index in [4.69, 9.17) is 12.2 Å². The number of hydrogen-bond donors (Lipinski definition) is 1. The Morgan fingerprint density at radius 3 is 2.40 bits per heavy atom. The van der Waals surface area contributed by atoms with Gasteiger partial charge in [-0.05, 0) is 44.4 Å². The van der Waals surface area contributed by atoms with E-state index in [1.54, 1.807) is 11.8 Å². The number of rotatable bonds is 2. The molecule has 2 N–H and O–H groups in total. The lowest BCUT2D eigenvalue weighted by atomic mass is 9.92. The minimum atomic E-state index is -0.367. The summed E-state index contributed by atoms with van der Waals surface area (Å²) in [6.45, 7) is 7.88. The molecule has 2 amide bonds. The lowest BCUT2D eigenvalue weighted by molar-refractivity contribution is 0.198. The number of carbonyl (C=O) groups excluding carboxylic acids is 1. The molecule has 0 aromatic heterocycles. The van der Waals surface area contributed by atoms with Crippen LogP contribution in [0.15, 0.2) is 17.1 Å². The maximum absolute atomic E-state index is 12.0. The van der Waals surface area contributed by atoms with Crippen LogP contribution in [0.5, 0.6) is 0 Å². The average molecular weight is 269 g/mol. The monoisotopic (exact) mass is 269 g/mol. The fraction of sp³-hybridized carbons (Fsp3) is 0.375. The number of nitrogens with zero attached hydrogens (tertiary/aromatic N) is 2. The van der Waals surface area contributed by atoms with E-state index in [1.165, 1.54) is 5.56 Å². The van der Waals surface area contributed by atoms with Crippen molar-refractivity contribution in [1.29, 1.82) is 0 Å². The van der Waals surface area contributed by atoms with Gasteiger partial charge in [0.15, 0.2) is 0 Å². The van der Waals surface area contributed by atoms with E-state index in [0.29, 0.717) is 5.84 Å². The van der Waals surface area contributed by atoms with Crippen molar-refractivity contribution in [3.8, 4) is 12.3 Å². The maximum Gasteiger partial charge on any atom is 0.347 e. The number of hydrogen-bond acceptors (Lipinski definition) is 2. The third-order valence-corrected chi connectivity index (χ3v) is 3.67. The van der Waals surface area contributed by atoms with Crippen LogP contribution in [-0.2, 0) is 0 Å². The van der Waals surface area contributed by atoms with Crippen molar-refractivity contribution in [2.24, 2.45) is 10.7 Å². The zero-order chi connectivity index (χ0) is 15.0. The summed E-state index contributed by atoms with van der Waals surface area (Å²) in [6, 6.07) is 3.08. The normalized spacial score (nSPS) is 19.8. The Hall–Kier alpha value is -2.28. The van der Waals surface area contributed by atoms with E-state index < -0.39 is 0 Å². The van der Waals surface area contributed by atoms with Crippen LogP contribution in [0.25, 0.3) is 0 Å². The molecular weight excluding hydrogens is 250 g/mol. The lowest BCUT2D eigenvalue weighted by Gasteiger charge is -2.29. The molecule has 0 aliphatic carbocycles. The Bertz CT molecular complexity index is 617. The van der Waals surface area contributed by atoms with Gasteiger partial charge in [0.2, 0.25) is 0 Å². The molecule has 1 heterocycles. The topological polar surface area (TPSA) is 58.7 Å². The number of benzene rings is 1. The largest absolute Gasteiger partial charge is 0.385 e. The quantitative estimate of drug-likeness (QED) is 0.838. The van der Waals surface area contributed by atoms with E-state index in [1.807, 2.05) is 20.8 Å². The van der Waals surface area contributed by atoms with Gasteiger partial charge in [0, 0.05) is 0 Å². The van der Waals surface area contributed by atoms with Crippen molar-refractivity contribution in [3.63, 3.8) is 0 Å². The number of terminal acetylenes is 1. The second-order valence-electron chi connectivity index (χ2n) is 5.28. The van der Waals surface area contributed by atoms with E-state index in [0.717, 1.165) is 16.7 Å². The number of aryl methyl sites for hydroxylation is 3. The summed E-state index contributed by atoms with van der Waals surface area (Å²) in [5, 5.41) is 0. The summed E-state index contributed by atoms with van der Waals surface area (Å²) < 4.78 is 0. The minimum absolute atomic E-state index is 0.312. The van der Waals surface area contributed by atoms with Crippen molar-refractivity contribution in [2.45, 2.75) is 39.8 Å². The van der Waals surface area contributed by atoms with Crippen LogP contribution in [0.1, 0.15) is 35.2 Å². The molecule has 1 aromatic carbocycles. The number of nitrogens with two attached hydrogens (primary N) is 1. The highest BCUT2D eigenvalue weighted by Crippen LogP contribution is 2.33. The molecule has 20 heavy (non-hydrogen) atoms. The van der Waals surface area contributed by atoms with Gasteiger partial charge in [-0.25, -0.2) is 4.79 Å². The molecule has 2 rings (SSSR count). The van der Waals surface area contributed by atoms with Gasteiger partial charge >= 0.3 is 6.03 Å². The van der Waals surface area contributed by atoms with E-state index >= 15 is 0 Å². The van der Waals surface area contributed by atoms with Crippen LogP contribution < -0.4 is 5.73 Å². The third kappa shape index (κ3) is 2.16. The zero-order valence-corrected chi connectivity index (χ0v) is 12.3. The predicted molar refractivity (Wildman–Crippen MR) is 80.5 cm³/mol. The Balaban J connectivity index is 2.58. The first kappa shape index (κ1) is 14.1. The maximum atomic E-state index is 12.0. The minimum Gasteiger partial charge on any atom is -0.385 e. The van der Waals surface area contributed by atoms with Crippen molar-refractivity contribution in [2.75, 3.05) is 0 Å². The molecule has 1 aromatic rings. The molecule has 0 bridgehead atoms. The summed E-state index contributed by atoms with van der Waals surface area (Å²) in [4.78, 5) is 17.5. The number of urea groups is 1. The average Bonchev–Trinajstić information content (AvgIpc) is 2.63. The number of amides is 2. The van der Waals surface area contributed by atoms with Gasteiger partial charge in [0.25, 0.3) is 0 Å². The summed E-state index contributed by atoms with van der Waals surface area (Å²) >= 11 is 0. The summed E-state index contributed by atoms with van der Waals surface area (Å²) in [5.41, 5.74) is 10.4. The van der Waals surface area contributed by atoms with Crippen molar-refractivity contribution < 1.29 is 4.79 Å². The lowest BCUT2D eigenvalue weighted by Crippen LogP contribution is -2.39. The fourth-order valence-electron chi connectivity index (χ4n) is 2.86. The van der Waals surface area contributed by atoms with Crippen LogP contribution >= 0.6 is 0 Å². The smallest absolute Gasteiger partial charge is 0.347 e.